The molecular weight excluding hydrogens is 725 g/mol. The third-order valence-electron chi connectivity index (χ3n) is 11.8. The minimum atomic E-state index is 1.09. The number of hydrogen-bond acceptors (Lipinski definition) is 1. The van der Waals surface area contributed by atoms with Crippen LogP contribution in [0.3, 0.4) is 0 Å². The highest BCUT2D eigenvalue weighted by atomic mass is 15.1. The van der Waals surface area contributed by atoms with Crippen LogP contribution in [0.5, 0.6) is 0 Å². The van der Waals surface area contributed by atoms with E-state index in [0.29, 0.717) is 0 Å². The number of para-hydroxylation sites is 2. The van der Waals surface area contributed by atoms with E-state index in [4.69, 9.17) is 0 Å². The maximum Gasteiger partial charge on any atom is 0.0546 e. The summed E-state index contributed by atoms with van der Waals surface area (Å²) in [5.41, 5.74) is 16.4. The van der Waals surface area contributed by atoms with Crippen molar-refractivity contribution in [1.29, 1.82) is 0 Å². The molecule has 2 nitrogen and oxygen atoms in total. The van der Waals surface area contributed by atoms with Gasteiger partial charge in [-0.3, -0.25) is 0 Å². The molecule has 0 unspecified atom stereocenters. The fraction of sp³-hybridized carbons (Fsp3) is 0. The van der Waals surface area contributed by atoms with Crippen molar-refractivity contribution in [3.63, 3.8) is 0 Å². The van der Waals surface area contributed by atoms with Crippen molar-refractivity contribution in [1.82, 2.24) is 4.57 Å². The van der Waals surface area contributed by atoms with Crippen LogP contribution >= 0.6 is 0 Å². The Hall–Kier alpha value is -7.94. The Labute approximate surface area is 350 Å². The van der Waals surface area contributed by atoms with Crippen LogP contribution in [-0.4, -0.2) is 4.57 Å². The van der Waals surface area contributed by atoms with Crippen LogP contribution in [0.4, 0.5) is 17.1 Å². The molecule has 0 amide bonds. The monoisotopic (exact) mass is 764 g/mol. The minimum Gasteiger partial charge on any atom is -0.311 e. The van der Waals surface area contributed by atoms with Gasteiger partial charge in [0.05, 0.1) is 16.7 Å². The highest BCUT2D eigenvalue weighted by Gasteiger charge is 2.18. The number of nitrogens with zero attached hydrogens (tertiary/aromatic N) is 2. The molecule has 0 N–H and O–H groups in total. The number of fused-ring (bicyclic) bond motifs is 4. The summed E-state index contributed by atoms with van der Waals surface area (Å²) < 4.78 is 2.44. The summed E-state index contributed by atoms with van der Waals surface area (Å²) in [4.78, 5) is 2.35. The van der Waals surface area contributed by atoms with E-state index in [1.54, 1.807) is 0 Å². The number of rotatable bonds is 8. The molecule has 0 atom stereocenters. The zero-order valence-electron chi connectivity index (χ0n) is 33.0. The smallest absolute Gasteiger partial charge is 0.0546 e. The molecule has 60 heavy (non-hydrogen) atoms. The summed E-state index contributed by atoms with van der Waals surface area (Å²) in [7, 11) is 0. The quantitative estimate of drug-likeness (QED) is 0.150. The largest absolute Gasteiger partial charge is 0.311 e. The summed E-state index contributed by atoms with van der Waals surface area (Å²) >= 11 is 0. The zero-order chi connectivity index (χ0) is 39.8. The predicted molar refractivity (Wildman–Crippen MR) is 255 cm³/mol. The average Bonchev–Trinajstić information content (AvgIpc) is 3.67. The van der Waals surface area contributed by atoms with E-state index in [1.807, 2.05) is 0 Å². The van der Waals surface area contributed by atoms with Crippen LogP contribution in [0, 0.1) is 0 Å². The highest BCUT2D eigenvalue weighted by molar-refractivity contribution is 6.10. The summed E-state index contributed by atoms with van der Waals surface area (Å²) in [6, 6.07) is 87.8. The van der Waals surface area contributed by atoms with Crippen molar-refractivity contribution in [2.75, 3.05) is 4.90 Å². The summed E-state index contributed by atoms with van der Waals surface area (Å²) in [5.74, 6) is 0. The van der Waals surface area contributed by atoms with Crippen molar-refractivity contribution in [3.05, 3.63) is 243 Å². The number of benzene rings is 10. The molecule has 10 aromatic carbocycles. The standard InChI is InChI=1S/C58H40N2/c1-3-14-41(15-4-1)42-26-33-48(34-27-42)59(50-37-30-46(31-38-50)52-23-13-19-44-18-7-8-20-51(44)52)49-35-28-43(29-36-49)47-32-39-53(45-16-5-2-6-17-45)58(40-47)60-56-24-11-9-21-54(56)55-22-10-12-25-57(55)60/h1-40H. The Bertz CT molecular complexity index is 3210. The van der Waals surface area contributed by atoms with Gasteiger partial charge in [0.25, 0.3) is 0 Å². The molecule has 0 aliphatic rings. The molecule has 0 bridgehead atoms. The third kappa shape index (κ3) is 6.32. The van der Waals surface area contributed by atoms with Gasteiger partial charge in [0.1, 0.15) is 0 Å². The van der Waals surface area contributed by atoms with E-state index >= 15 is 0 Å². The summed E-state index contributed by atoms with van der Waals surface area (Å²) in [6.07, 6.45) is 0. The number of anilines is 3. The van der Waals surface area contributed by atoms with Crippen LogP contribution in [-0.2, 0) is 0 Å². The van der Waals surface area contributed by atoms with Gasteiger partial charge in [-0.05, 0) is 104 Å². The highest BCUT2D eigenvalue weighted by Crippen LogP contribution is 2.41. The Morgan fingerprint density at radius 2 is 0.683 bits per heavy atom. The van der Waals surface area contributed by atoms with E-state index < -0.39 is 0 Å². The summed E-state index contributed by atoms with van der Waals surface area (Å²) in [5, 5.41) is 5.01. The van der Waals surface area contributed by atoms with Gasteiger partial charge in [-0.15, -0.1) is 0 Å². The molecule has 0 spiro atoms. The maximum atomic E-state index is 2.44. The van der Waals surface area contributed by atoms with E-state index in [1.165, 1.54) is 66.0 Å². The first-order valence-corrected chi connectivity index (χ1v) is 20.6. The Balaban J connectivity index is 1.01. The molecule has 11 aromatic rings. The van der Waals surface area contributed by atoms with E-state index in [9.17, 15) is 0 Å². The lowest BCUT2D eigenvalue weighted by Crippen LogP contribution is -2.09. The molecule has 0 aliphatic heterocycles. The topological polar surface area (TPSA) is 8.17 Å². The lowest BCUT2D eigenvalue weighted by molar-refractivity contribution is 1.18. The zero-order valence-corrected chi connectivity index (χ0v) is 33.0. The van der Waals surface area contributed by atoms with Gasteiger partial charge in [-0.25, -0.2) is 0 Å². The van der Waals surface area contributed by atoms with Crippen molar-refractivity contribution in [2.45, 2.75) is 0 Å². The molecule has 0 fully saturated rings. The average molecular weight is 765 g/mol. The predicted octanol–water partition coefficient (Wildman–Crippen LogP) is 16.1. The van der Waals surface area contributed by atoms with Crippen molar-refractivity contribution < 1.29 is 0 Å². The fourth-order valence-electron chi connectivity index (χ4n) is 8.89. The van der Waals surface area contributed by atoms with Gasteiger partial charge < -0.3 is 9.47 Å². The van der Waals surface area contributed by atoms with Gasteiger partial charge in [0.2, 0.25) is 0 Å². The molecule has 0 saturated heterocycles. The van der Waals surface area contributed by atoms with Crippen molar-refractivity contribution >= 4 is 49.6 Å². The SMILES string of the molecule is c1ccc(-c2ccc(N(c3ccc(-c4ccc(-c5ccccc5)c(-n5c6ccccc6c6ccccc65)c4)cc3)c3ccc(-c4cccc5ccccc45)cc3)cc2)cc1. The van der Waals surface area contributed by atoms with Gasteiger partial charge in [-0.1, -0.05) is 188 Å². The number of hydrogen-bond donors (Lipinski definition) is 0. The van der Waals surface area contributed by atoms with Crippen LogP contribution in [0.1, 0.15) is 0 Å². The van der Waals surface area contributed by atoms with Gasteiger partial charge in [-0.2, -0.15) is 0 Å². The molecule has 0 aliphatic carbocycles. The van der Waals surface area contributed by atoms with Crippen molar-refractivity contribution in [3.8, 4) is 50.2 Å². The van der Waals surface area contributed by atoms with Crippen molar-refractivity contribution in [2.24, 2.45) is 0 Å². The first-order valence-electron chi connectivity index (χ1n) is 20.6. The summed E-state index contributed by atoms with van der Waals surface area (Å²) in [6.45, 7) is 0. The van der Waals surface area contributed by atoms with E-state index in [0.717, 1.165) is 33.9 Å². The first kappa shape index (κ1) is 35.2. The molecule has 0 radical (unpaired) electrons. The molecule has 0 saturated carbocycles. The molecule has 2 heteroatoms. The molecule has 282 valence electrons. The Morgan fingerprint density at radius 3 is 1.28 bits per heavy atom. The van der Waals surface area contributed by atoms with Gasteiger partial charge in [0.15, 0.2) is 0 Å². The van der Waals surface area contributed by atoms with Gasteiger partial charge in [0, 0.05) is 33.4 Å². The second-order valence-corrected chi connectivity index (χ2v) is 15.3. The fourth-order valence-corrected chi connectivity index (χ4v) is 8.89. The van der Waals surface area contributed by atoms with Crippen LogP contribution < -0.4 is 4.90 Å². The van der Waals surface area contributed by atoms with Crippen LogP contribution in [0.25, 0.3) is 82.8 Å². The Morgan fingerprint density at radius 1 is 0.267 bits per heavy atom. The van der Waals surface area contributed by atoms with Crippen LogP contribution in [0.2, 0.25) is 0 Å². The molecular formula is C58H40N2. The van der Waals surface area contributed by atoms with Gasteiger partial charge >= 0.3 is 0 Å². The van der Waals surface area contributed by atoms with E-state index in [2.05, 4.69) is 252 Å². The minimum absolute atomic E-state index is 1.09. The first-order chi connectivity index (χ1) is 29.8. The second kappa shape index (κ2) is 15.1. The van der Waals surface area contributed by atoms with E-state index in [-0.39, 0.29) is 0 Å². The second-order valence-electron chi connectivity index (χ2n) is 15.3. The third-order valence-corrected chi connectivity index (χ3v) is 11.8. The lowest BCUT2D eigenvalue weighted by Gasteiger charge is -2.26. The molecule has 1 heterocycles. The Kier molecular flexibility index (Phi) is 8.87. The van der Waals surface area contributed by atoms with Crippen LogP contribution in [0.15, 0.2) is 243 Å². The lowest BCUT2D eigenvalue weighted by atomic mass is 9.97. The normalized spacial score (nSPS) is 11.3. The molecule has 11 rings (SSSR count). The maximum absolute atomic E-state index is 2.44. The number of aromatic nitrogens is 1. The molecule has 1 aromatic heterocycles.